The van der Waals surface area contributed by atoms with Crippen LogP contribution in [0.25, 0.3) is 28.3 Å². The number of amides is 1. The number of carbonyl (C=O) groups is 1. The normalized spacial score (nSPS) is 14.2. The van der Waals surface area contributed by atoms with E-state index in [0.717, 1.165) is 22.5 Å². The van der Waals surface area contributed by atoms with Gasteiger partial charge in [0.05, 0.1) is 11.4 Å². The summed E-state index contributed by atoms with van der Waals surface area (Å²) in [4.78, 5) is 16.4. The molecule has 31 heavy (non-hydrogen) atoms. The van der Waals surface area contributed by atoms with E-state index in [1.54, 1.807) is 28.7 Å². The number of anilines is 1. The van der Waals surface area contributed by atoms with Gasteiger partial charge in [0.2, 0.25) is 5.91 Å². The molecule has 0 bridgehead atoms. The lowest BCUT2D eigenvalue weighted by Crippen LogP contribution is -2.15. The van der Waals surface area contributed by atoms with Crippen LogP contribution in [0, 0.1) is 0 Å². The van der Waals surface area contributed by atoms with Crippen LogP contribution in [0.15, 0.2) is 60.9 Å². The number of benzene rings is 1. The second kappa shape index (κ2) is 8.85. The molecular formula is C23H22N6OS. The Bertz CT molecular complexity index is 1190. The number of thioether (sulfide) groups is 1. The van der Waals surface area contributed by atoms with Crippen LogP contribution in [-0.4, -0.2) is 41.7 Å². The summed E-state index contributed by atoms with van der Waals surface area (Å²) in [5.41, 5.74) is 4.07. The summed E-state index contributed by atoms with van der Waals surface area (Å²) in [5, 5.41) is 16.8. The van der Waals surface area contributed by atoms with Crippen molar-refractivity contribution in [2.24, 2.45) is 0 Å². The van der Waals surface area contributed by atoms with Gasteiger partial charge in [0.15, 0.2) is 11.5 Å². The van der Waals surface area contributed by atoms with Crippen LogP contribution in [0.2, 0.25) is 0 Å². The molecule has 0 spiro atoms. The van der Waals surface area contributed by atoms with E-state index in [1.807, 2.05) is 48.5 Å². The van der Waals surface area contributed by atoms with Gasteiger partial charge < -0.3 is 5.32 Å². The maximum Gasteiger partial charge on any atom is 0.234 e. The van der Waals surface area contributed by atoms with E-state index in [4.69, 9.17) is 5.10 Å². The Morgan fingerprint density at radius 3 is 2.65 bits per heavy atom. The Kier molecular flexibility index (Phi) is 5.62. The molecule has 1 fully saturated rings. The van der Waals surface area contributed by atoms with Crippen molar-refractivity contribution in [3.05, 3.63) is 60.9 Å². The van der Waals surface area contributed by atoms with Gasteiger partial charge in [0.25, 0.3) is 0 Å². The van der Waals surface area contributed by atoms with Crippen molar-refractivity contribution >= 4 is 29.0 Å². The molecule has 0 radical (unpaired) electrons. The van der Waals surface area contributed by atoms with Crippen molar-refractivity contribution in [3.8, 4) is 22.6 Å². The van der Waals surface area contributed by atoms with Crippen molar-refractivity contribution in [1.82, 2.24) is 24.8 Å². The summed E-state index contributed by atoms with van der Waals surface area (Å²) in [6, 6.07) is 15.3. The zero-order valence-corrected chi connectivity index (χ0v) is 17.8. The molecule has 0 atom stereocenters. The number of rotatable bonds is 6. The molecule has 0 unspecified atom stereocenters. The summed E-state index contributed by atoms with van der Waals surface area (Å²) in [6.45, 7) is 0. The van der Waals surface area contributed by atoms with E-state index in [1.165, 1.54) is 25.7 Å². The van der Waals surface area contributed by atoms with Gasteiger partial charge in [0.1, 0.15) is 0 Å². The number of nitrogens with one attached hydrogen (secondary N) is 1. The average Bonchev–Trinajstić information content (AvgIpc) is 3.48. The molecule has 5 rings (SSSR count). The molecule has 4 aromatic rings. The van der Waals surface area contributed by atoms with E-state index >= 15 is 0 Å². The molecule has 1 amide bonds. The van der Waals surface area contributed by atoms with Gasteiger partial charge in [-0.25, -0.2) is 0 Å². The monoisotopic (exact) mass is 430 g/mol. The number of carbonyl (C=O) groups excluding carboxylic acids is 1. The first-order valence-corrected chi connectivity index (χ1v) is 11.5. The van der Waals surface area contributed by atoms with Crippen LogP contribution in [0.1, 0.15) is 25.7 Å². The molecule has 3 heterocycles. The molecule has 0 aliphatic heterocycles. The Morgan fingerprint density at radius 2 is 1.87 bits per heavy atom. The second-order valence-corrected chi connectivity index (χ2v) is 8.89. The summed E-state index contributed by atoms with van der Waals surface area (Å²) >= 11 is 1.77. The van der Waals surface area contributed by atoms with Crippen LogP contribution in [-0.2, 0) is 4.79 Å². The lowest BCUT2D eigenvalue weighted by molar-refractivity contribution is -0.113. The Hall–Kier alpha value is -3.26. The summed E-state index contributed by atoms with van der Waals surface area (Å²) in [7, 11) is 0. The molecule has 1 N–H and O–H groups in total. The number of pyridine rings is 1. The van der Waals surface area contributed by atoms with Gasteiger partial charge >= 0.3 is 0 Å². The minimum atomic E-state index is 0.0507. The molecule has 0 saturated heterocycles. The third kappa shape index (κ3) is 4.44. The molecule has 1 aliphatic carbocycles. The maximum absolute atomic E-state index is 12.2. The number of hydrogen-bond acceptors (Lipinski definition) is 6. The van der Waals surface area contributed by atoms with Gasteiger partial charge in [-0.05, 0) is 49.2 Å². The van der Waals surface area contributed by atoms with E-state index in [9.17, 15) is 4.79 Å². The highest BCUT2D eigenvalue weighted by atomic mass is 32.2. The molecule has 1 aliphatic rings. The van der Waals surface area contributed by atoms with E-state index < -0.39 is 0 Å². The zero-order chi connectivity index (χ0) is 21.0. The first kappa shape index (κ1) is 19.7. The van der Waals surface area contributed by atoms with E-state index in [-0.39, 0.29) is 5.91 Å². The average molecular weight is 431 g/mol. The lowest BCUT2D eigenvalue weighted by Gasteiger charge is -2.09. The Balaban J connectivity index is 1.30. The molecule has 1 saturated carbocycles. The SMILES string of the molecule is O=C(CSC1CCCC1)Nc1ccc(-c2ccc3nnc(-c4cccnc4)n3n2)cc1. The van der Waals surface area contributed by atoms with Crippen LogP contribution < -0.4 is 5.32 Å². The third-order valence-corrected chi connectivity index (χ3v) is 6.77. The predicted molar refractivity (Wildman–Crippen MR) is 123 cm³/mol. The first-order chi connectivity index (χ1) is 15.3. The zero-order valence-electron chi connectivity index (χ0n) is 16.9. The number of hydrogen-bond donors (Lipinski definition) is 1. The largest absolute Gasteiger partial charge is 0.325 e. The van der Waals surface area contributed by atoms with E-state index in [2.05, 4.69) is 20.5 Å². The molecule has 7 nitrogen and oxygen atoms in total. The fraction of sp³-hybridized carbons (Fsp3) is 0.261. The molecular weight excluding hydrogens is 408 g/mol. The molecule has 156 valence electrons. The number of fused-ring (bicyclic) bond motifs is 1. The lowest BCUT2D eigenvalue weighted by atomic mass is 10.1. The first-order valence-electron chi connectivity index (χ1n) is 10.4. The maximum atomic E-state index is 12.2. The van der Waals surface area contributed by atoms with Gasteiger partial charge in [-0.2, -0.15) is 9.61 Å². The highest BCUT2D eigenvalue weighted by Crippen LogP contribution is 2.29. The van der Waals surface area contributed by atoms with Crippen LogP contribution in [0.4, 0.5) is 5.69 Å². The quantitative estimate of drug-likeness (QED) is 0.486. The highest BCUT2D eigenvalue weighted by molar-refractivity contribution is 8.00. The van der Waals surface area contributed by atoms with E-state index in [0.29, 0.717) is 22.5 Å². The summed E-state index contributed by atoms with van der Waals surface area (Å²) < 4.78 is 1.72. The minimum absolute atomic E-state index is 0.0507. The second-order valence-electron chi connectivity index (χ2n) is 7.60. The van der Waals surface area contributed by atoms with Crippen molar-refractivity contribution in [1.29, 1.82) is 0 Å². The predicted octanol–water partition coefficient (Wildman–Crippen LogP) is 4.47. The highest BCUT2D eigenvalue weighted by Gasteiger charge is 2.17. The number of nitrogens with zero attached hydrogens (tertiary/aromatic N) is 5. The van der Waals surface area contributed by atoms with Gasteiger partial charge in [0, 0.05) is 34.5 Å². The molecule has 3 aromatic heterocycles. The van der Waals surface area contributed by atoms with Crippen molar-refractivity contribution in [2.45, 2.75) is 30.9 Å². The van der Waals surface area contributed by atoms with Crippen LogP contribution in [0.5, 0.6) is 0 Å². The Labute approximate surface area is 184 Å². The fourth-order valence-corrected chi connectivity index (χ4v) is 4.91. The smallest absolute Gasteiger partial charge is 0.234 e. The van der Waals surface area contributed by atoms with Crippen molar-refractivity contribution < 1.29 is 4.79 Å². The standard InChI is InChI=1S/C23H22N6OS/c30-22(15-31-19-5-1-2-6-19)25-18-9-7-16(8-10-18)20-11-12-21-26-27-23(29(21)28-20)17-4-3-13-24-14-17/h3-4,7-14,19H,1-2,5-6,15H2,(H,25,30). The minimum Gasteiger partial charge on any atom is -0.325 e. The summed E-state index contributed by atoms with van der Waals surface area (Å²) in [6.07, 6.45) is 8.52. The van der Waals surface area contributed by atoms with Crippen LogP contribution >= 0.6 is 11.8 Å². The van der Waals surface area contributed by atoms with Crippen molar-refractivity contribution in [3.63, 3.8) is 0 Å². The topological polar surface area (TPSA) is 85.1 Å². The summed E-state index contributed by atoms with van der Waals surface area (Å²) in [5.74, 6) is 1.21. The van der Waals surface area contributed by atoms with Gasteiger partial charge in [-0.3, -0.25) is 9.78 Å². The van der Waals surface area contributed by atoms with Gasteiger partial charge in [-0.15, -0.1) is 22.0 Å². The van der Waals surface area contributed by atoms with Crippen LogP contribution in [0.3, 0.4) is 0 Å². The molecule has 1 aromatic carbocycles. The number of aromatic nitrogens is 5. The Morgan fingerprint density at radius 1 is 1.03 bits per heavy atom. The fourth-order valence-electron chi connectivity index (χ4n) is 3.79. The molecule has 8 heteroatoms. The van der Waals surface area contributed by atoms with Crippen molar-refractivity contribution in [2.75, 3.05) is 11.1 Å². The van der Waals surface area contributed by atoms with Gasteiger partial charge in [-0.1, -0.05) is 25.0 Å². The third-order valence-electron chi connectivity index (χ3n) is 5.40.